The highest BCUT2D eigenvalue weighted by Crippen LogP contribution is 2.28. The van der Waals surface area contributed by atoms with Crippen LogP contribution in [-0.4, -0.2) is 10.9 Å². The molecule has 3 aromatic rings. The third kappa shape index (κ3) is 2.24. The van der Waals surface area contributed by atoms with Crippen molar-refractivity contribution in [3.8, 4) is 0 Å². The summed E-state index contributed by atoms with van der Waals surface area (Å²) in [5, 5.41) is 1.26. The van der Waals surface area contributed by atoms with Crippen molar-refractivity contribution in [3.05, 3.63) is 70.1 Å². The molecular formula is C17H13ClFNO. The molecule has 3 rings (SSSR count). The van der Waals surface area contributed by atoms with Crippen molar-refractivity contribution in [1.29, 1.82) is 0 Å². The first-order valence-electron chi connectivity index (χ1n) is 6.59. The first-order chi connectivity index (χ1) is 10.1. The molecule has 0 amide bonds. The van der Waals surface area contributed by atoms with Gasteiger partial charge >= 0.3 is 0 Å². The highest BCUT2D eigenvalue weighted by Gasteiger charge is 2.15. The smallest absolute Gasteiger partial charge is 0.152 e. The number of fused-ring (bicyclic) bond motifs is 1. The lowest BCUT2D eigenvalue weighted by Gasteiger charge is -2.11. The summed E-state index contributed by atoms with van der Waals surface area (Å²) in [5.41, 5.74) is 2.78. The van der Waals surface area contributed by atoms with E-state index in [9.17, 15) is 9.18 Å². The lowest BCUT2D eigenvalue weighted by atomic mass is 10.1. The molecule has 106 valence electrons. The summed E-state index contributed by atoms with van der Waals surface area (Å²) < 4.78 is 15.9. The average Bonchev–Trinajstić information content (AvgIpc) is 2.75. The summed E-state index contributed by atoms with van der Waals surface area (Å²) in [4.78, 5) is 11.3. The van der Waals surface area contributed by atoms with Gasteiger partial charge in [-0.2, -0.15) is 0 Å². The lowest BCUT2D eigenvalue weighted by Crippen LogP contribution is -2.05. The summed E-state index contributed by atoms with van der Waals surface area (Å²) in [6, 6.07) is 12.2. The molecular weight excluding hydrogens is 289 g/mol. The van der Waals surface area contributed by atoms with Crippen LogP contribution in [0.4, 0.5) is 4.39 Å². The Hall–Kier alpha value is -2.13. The minimum Gasteiger partial charge on any atom is -0.340 e. The number of carbonyl (C=O) groups excluding carboxylic acids is 1. The zero-order valence-electron chi connectivity index (χ0n) is 11.4. The molecule has 1 heterocycles. The molecule has 0 unspecified atom stereocenters. The van der Waals surface area contributed by atoms with Gasteiger partial charge in [-0.25, -0.2) is 4.39 Å². The van der Waals surface area contributed by atoms with E-state index in [-0.39, 0.29) is 5.82 Å². The van der Waals surface area contributed by atoms with Crippen molar-refractivity contribution in [2.75, 3.05) is 0 Å². The Morgan fingerprint density at radius 1 is 1.19 bits per heavy atom. The SMILES string of the molecule is Cc1c(C=O)c2ccccc2n1Cc1c(F)cccc1Cl. The van der Waals surface area contributed by atoms with Crippen molar-refractivity contribution in [2.45, 2.75) is 13.5 Å². The van der Waals surface area contributed by atoms with Gasteiger partial charge in [0.15, 0.2) is 6.29 Å². The Kier molecular flexibility index (Phi) is 3.52. The average molecular weight is 302 g/mol. The van der Waals surface area contributed by atoms with Gasteiger partial charge in [0.25, 0.3) is 0 Å². The van der Waals surface area contributed by atoms with E-state index in [2.05, 4.69) is 0 Å². The van der Waals surface area contributed by atoms with E-state index in [1.165, 1.54) is 6.07 Å². The van der Waals surface area contributed by atoms with E-state index in [1.807, 2.05) is 35.8 Å². The van der Waals surface area contributed by atoms with Gasteiger partial charge in [-0.1, -0.05) is 35.9 Å². The molecule has 0 spiro atoms. The largest absolute Gasteiger partial charge is 0.340 e. The quantitative estimate of drug-likeness (QED) is 0.648. The molecule has 0 saturated carbocycles. The number of para-hydroxylation sites is 1. The number of rotatable bonds is 3. The van der Waals surface area contributed by atoms with Gasteiger partial charge in [0.1, 0.15) is 5.82 Å². The van der Waals surface area contributed by atoms with E-state index >= 15 is 0 Å². The summed E-state index contributed by atoms with van der Waals surface area (Å²) in [7, 11) is 0. The predicted molar refractivity (Wildman–Crippen MR) is 82.6 cm³/mol. The molecule has 2 nitrogen and oxygen atoms in total. The van der Waals surface area contributed by atoms with Crippen molar-refractivity contribution >= 4 is 28.8 Å². The van der Waals surface area contributed by atoms with Crippen LogP contribution in [0.3, 0.4) is 0 Å². The van der Waals surface area contributed by atoms with Gasteiger partial charge in [0.05, 0.1) is 6.54 Å². The maximum absolute atomic E-state index is 14.0. The fourth-order valence-corrected chi connectivity index (χ4v) is 2.87. The molecule has 4 heteroatoms. The number of aromatic nitrogens is 1. The van der Waals surface area contributed by atoms with Crippen LogP contribution in [0, 0.1) is 12.7 Å². The molecule has 0 saturated heterocycles. The molecule has 0 aliphatic rings. The number of aldehydes is 1. The van der Waals surface area contributed by atoms with Crippen LogP contribution in [0.25, 0.3) is 10.9 Å². The van der Waals surface area contributed by atoms with Crippen LogP contribution in [0.5, 0.6) is 0 Å². The Labute approximate surface area is 126 Å². The van der Waals surface area contributed by atoms with Crippen molar-refractivity contribution in [1.82, 2.24) is 4.57 Å². The number of benzene rings is 2. The standard InChI is InChI=1S/C17H13ClFNO/c1-11-14(10-21)12-5-2-3-8-17(12)20(11)9-13-15(18)6-4-7-16(13)19/h2-8,10H,9H2,1H3. The zero-order chi connectivity index (χ0) is 15.0. The lowest BCUT2D eigenvalue weighted by molar-refractivity contribution is 0.112. The fourth-order valence-electron chi connectivity index (χ4n) is 2.65. The number of nitrogens with zero attached hydrogens (tertiary/aromatic N) is 1. The topological polar surface area (TPSA) is 22.0 Å². The van der Waals surface area contributed by atoms with E-state index in [4.69, 9.17) is 11.6 Å². The Bertz CT molecular complexity index is 818. The second-order valence-electron chi connectivity index (χ2n) is 4.92. The molecule has 0 aliphatic carbocycles. The molecule has 21 heavy (non-hydrogen) atoms. The molecule has 1 aromatic heterocycles. The second kappa shape index (κ2) is 5.34. The highest BCUT2D eigenvalue weighted by molar-refractivity contribution is 6.31. The van der Waals surface area contributed by atoms with Crippen LogP contribution in [0.1, 0.15) is 21.6 Å². The van der Waals surface area contributed by atoms with E-state index in [1.54, 1.807) is 12.1 Å². The third-order valence-corrected chi connectivity index (χ3v) is 4.13. The van der Waals surface area contributed by atoms with Crippen LogP contribution in [-0.2, 0) is 6.54 Å². The molecule has 0 fully saturated rings. The molecule has 0 radical (unpaired) electrons. The van der Waals surface area contributed by atoms with Gasteiger partial charge in [-0.15, -0.1) is 0 Å². The van der Waals surface area contributed by atoms with Gasteiger partial charge in [-0.3, -0.25) is 4.79 Å². The van der Waals surface area contributed by atoms with Crippen LogP contribution in [0.2, 0.25) is 5.02 Å². The first-order valence-corrected chi connectivity index (χ1v) is 6.97. The van der Waals surface area contributed by atoms with Crippen LogP contribution < -0.4 is 0 Å². The first kappa shape index (κ1) is 13.8. The predicted octanol–water partition coefficient (Wildman–Crippen LogP) is 4.60. The molecule has 0 aliphatic heterocycles. The Morgan fingerprint density at radius 2 is 1.95 bits per heavy atom. The molecule has 0 atom stereocenters. The fraction of sp³-hybridized carbons (Fsp3) is 0.118. The van der Waals surface area contributed by atoms with Crippen molar-refractivity contribution < 1.29 is 9.18 Å². The summed E-state index contributed by atoms with van der Waals surface area (Å²) in [5.74, 6) is -0.340. The summed E-state index contributed by atoms with van der Waals surface area (Å²) >= 11 is 6.10. The summed E-state index contributed by atoms with van der Waals surface area (Å²) in [6.07, 6.45) is 0.844. The normalized spacial score (nSPS) is 11.0. The minimum atomic E-state index is -0.340. The van der Waals surface area contributed by atoms with E-state index in [0.717, 1.165) is 22.9 Å². The Balaban J connectivity index is 2.22. The Morgan fingerprint density at radius 3 is 2.67 bits per heavy atom. The number of halogens is 2. The van der Waals surface area contributed by atoms with Gasteiger partial charge in [0.2, 0.25) is 0 Å². The maximum atomic E-state index is 14.0. The molecule has 0 N–H and O–H groups in total. The zero-order valence-corrected chi connectivity index (χ0v) is 12.2. The monoisotopic (exact) mass is 301 g/mol. The highest BCUT2D eigenvalue weighted by atomic mass is 35.5. The second-order valence-corrected chi connectivity index (χ2v) is 5.33. The third-order valence-electron chi connectivity index (χ3n) is 3.78. The number of hydrogen-bond donors (Lipinski definition) is 0. The van der Waals surface area contributed by atoms with Gasteiger partial charge < -0.3 is 4.57 Å². The number of hydrogen-bond acceptors (Lipinski definition) is 1. The molecule has 2 aromatic carbocycles. The van der Waals surface area contributed by atoms with Crippen LogP contribution >= 0.6 is 11.6 Å². The van der Waals surface area contributed by atoms with Crippen LogP contribution in [0.15, 0.2) is 42.5 Å². The van der Waals surface area contributed by atoms with E-state index < -0.39 is 0 Å². The van der Waals surface area contributed by atoms with Gasteiger partial charge in [-0.05, 0) is 25.1 Å². The van der Waals surface area contributed by atoms with Gasteiger partial charge in [0, 0.05) is 32.7 Å². The van der Waals surface area contributed by atoms with Crippen molar-refractivity contribution in [2.24, 2.45) is 0 Å². The minimum absolute atomic E-state index is 0.297. The summed E-state index contributed by atoms with van der Waals surface area (Å²) in [6.45, 7) is 2.16. The number of carbonyl (C=O) groups is 1. The maximum Gasteiger partial charge on any atom is 0.152 e. The van der Waals surface area contributed by atoms with Crippen molar-refractivity contribution in [3.63, 3.8) is 0 Å². The molecule has 0 bridgehead atoms. The van der Waals surface area contributed by atoms with E-state index in [0.29, 0.717) is 22.7 Å².